The number of aliphatic carboxylic acids is 1. The first-order chi connectivity index (χ1) is 19.7. The van der Waals surface area contributed by atoms with Crippen LogP contribution in [0.5, 0.6) is 0 Å². The lowest BCUT2D eigenvalue weighted by molar-refractivity contribution is -0.141. The molecular weight excluding hydrogens is 549 g/mol. The van der Waals surface area contributed by atoms with Gasteiger partial charge in [-0.25, -0.2) is 9.10 Å². The van der Waals surface area contributed by atoms with Gasteiger partial charge in [-0.05, 0) is 83.1 Å². The number of pyridine rings is 1. The van der Waals surface area contributed by atoms with Crippen LogP contribution in [0.4, 0.5) is 13.2 Å². The predicted octanol–water partition coefficient (Wildman–Crippen LogP) is 7.51. The van der Waals surface area contributed by atoms with E-state index in [4.69, 9.17) is 0 Å². The van der Waals surface area contributed by atoms with Crippen molar-refractivity contribution < 1.29 is 23.1 Å². The molecule has 0 spiro atoms. The molecular formula is C32H29F3N2O3S. The SMILES string of the molecule is CCCN1CC(C(=O)O)n2c(c(-c3cccc(C(F)(F)F)c3)c(Cc3cccc4ccccc34)c(C3CC3)c2=O)S1. The zero-order chi connectivity index (χ0) is 28.9. The summed E-state index contributed by atoms with van der Waals surface area (Å²) < 4.78 is 45.0. The van der Waals surface area contributed by atoms with Gasteiger partial charge < -0.3 is 5.11 Å². The lowest BCUT2D eigenvalue weighted by atomic mass is 9.88. The van der Waals surface area contributed by atoms with Crippen LogP contribution in [0.2, 0.25) is 0 Å². The number of carbonyl (C=O) groups is 1. The first-order valence-corrected chi connectivity index (χ1v) is 14.6. The van der Waals surface area contributed by atoms with Gasteiger partial charge in [-0.15, -0.1) is 0 Å². The minimum atomic E-state index is -4.55. The van der Waals surface area contributed by atoms with Gasteiger partial charge in [-0.2, -0.15) is 13.2 Å². The maximum absolute atomic E-state index is 14.2. The number of carboxylic acids is 1. The summed E-state index contributed by atoms with van der Waals surface area (Å²) in [6, 6.07) is 17.9. The fourth-order valence-corrected chi connectivity index (χ4v) is 7.24. The van der Waals surface area contributed by atoms with Gasteiger partial charge in [-0.3, -0.25) is 9.36 Å². The molecule has 1 aliphatic heterocycles. The number of hydrogen-bond acceptors (Lipinski definition) is 4. The van der Waals surface area contributed by atoms with Crippen molar-refractivity contribution in [3.8, 4) is 11.1 Å². The zero-order valence-electron chi connectivity index (χ0n) is 22.4. The van der Waals surface area contributed by atoms with Gasteiger partial charge in [0, 0.05) is 24.2 Å². The van der Waals surface area contributed by atoms with E-state index in [2.05, 4.69) is 0 Å². The summed E-state index contributed by atoms with van der Waals surface area (Å²) in [6.45, 7) is 2.69. The summed E-state index contributed by atoms with van der Waals surface area (Å²) in [4.78, 5) is 26.8. The Labute approximate surface area is 239 Å². The van der Waals surface area contributed by atoms with Crippen LogP contribution in [0.1, 0.15) is 60.4 Å². The normalized spacial score (nSPS) is 17.5. The first-order valence-electron chi connectivity index (χ1n) is 13.8. The van der Waals surface area contributed by atoms with E-state index in [0.29, 0.717) is 40.2 Å². The molecule has 3 aromatic carbocycles. The molecule has 41 heavy (non-hydrogen) atoms. The Bertz CT molecular complexity index is 1710. The van der Waals surface area contributed by atoms with Crippen LogP contribution in [-0.2, 0) is 17.4 Å². The highest BCUT2D eigenvalue weighted by atomic mass is 32.2. The van der Waals surface area contributed by atoms with Gasteiger partial charge in [-0.1, -0.05) is 61.5 Å². The van der Waals surface area contributed by atoms with Crippen LogP contribution >= 0.6 is 11.9 Å². The summed E-state index contributed by atoms with van der Waals surface area (Å²) in [5.41, 5.74) is 1.90. The third-order valence-corrected chi connectivity index (χ3v) is 9.05. The van der Waals surface area contributed by atoms with E-state index in [1.165, 1.54) is 22.6 Å². The number of rotatable bonds is 7. The lowest BCUT2D eigenvalue weighted by Gasteiger charge is -2.35. The van der Waals surface area contributed by atoms with Gasteiger partial charge in [0.15, 0.2) is 0 Å². The van der Waals surface area contributed by atoms with E-state index in [0.717, 1.165) is 47.7 Å². The summed E-state index contributed by atoms with van der Waals surface area (Å²) >= 11 is 1.27. The third-order valence-electron chi connectivity index (χ3n) is 7.88. The number of benzene rings is 3. The van der Waals surface area contributed by atoms with Crippen LogP contribution in [-0.4, -0.2) is 33.0 Å². The van der Waals surface area contributed by atoms with Gasteiger partial charge in [0.1, 0.15) is 11.1 Å². The number of fused-ring (bicyclic) bond motifs is 2. The van der Waals surface area contributed by atoms with E-state index in [9.17, 15) is 27.9 Å². The predicted molar refractivity (Wildman–Crippen MR) is 154 cm³/mol. The maximum atomic E-state index is 14.2. The quantitative estimate of drug-likeness (QED) is 0.230. The minimum absolute atomic E-state index is 0.0528. The van der Waals surface area contributed by atoms with Crippen molar-refractivity contribution in [2.75, 3.05) is 13.1 Å². The van der Waals surface area contributed by atoms with Crippen molar-refractivity contribution in [3.05, 3.63) is 99.3 Å². The molecule has 6 rings (SSSR count). The molecule has 212 valence electrons. The van der Waals surface area contributed by atoms with E-state index < -0.39 is 23.8 Å². The Morgan fingerprint density at radius 3 is 2.49 bits per heavy atom. The monoisotopic (exact) mass is 578 g/mol. The van der Waals surface area contributed by atoms with Crippen molar-refractivity contribution in [3.63, 3.8) is 0 Å². The van der Waals surface area contributed by atoms with Gasteiger partial charge >= 0.3 is 12.1 Å². The average molecular weight is 579 g/mol. The largest absolute Gasteiger partial charge is 0.480 e. The maximum Gasteiger partial charge on any atom is 0.416 e. The summed E-state index contributed by atoms with van der Waals surface area (Å²) in [5.74, 6) is -1.18. The molecule has 1 aliphatic carbocycles. The highest BCUT2D eigenvalue weighted by molar-refractivity contribution is 7.97. The molecule has 5 nitrogen and oxygen atoms in total. The zero-order valence-corrected chi connectivity index (χ0v) is 23.3. The fraction of sp³-hybridized carbons (Fsp3) is 0.312. The fourth-order valence-electron chi connectivity index (χ4n) is 5.88. The Hall–Kier alpha value is -3.56. The molecule has 1 saturated carbocycles. The molecule has 1 N–H and O–H groups in total. The number of alkyl halides is 3. The molecule has 0 bridgehead atoms. The summed E-state index contributed by atoms with van der Waals surface area (Å²) in [7, 11) is 0. The third kappa shape index (κ3) is 5.17. The smallest absolute Gasteiger partial charge is 0.416 e. The number of aromatic nitrogens is 1. The molecule has 1 unspecified atom stereocenters. The molecule has 1 fully saturated rings. The highest BCUT2D eigenvalue weighted by Gasteiger charge is 2.40. The molecule has 9 heteroatoms. The topological polar surface area (TPSA) is 62.5 Å². The highest BCUT2D eigenvalue weighted by Crippen LogP contribution is 2.48. The molecule has 1 aromatic heterocycles. The number of halogens is 3. The average Bonchev–Trinajstić information content (AvgIpc) is 3.78. The molecule has 2 heterocycles. The Balaban J connectivity index is 1.69. The second-order valence-electron chi connectivity index (χ2n) is 10.7. The molecule has 2 aliphatic rings. The van der Waals surface area contributed by atoms with E-state index in [-0.39, 0.29) is 18.0 Å². The number of hydrogen-bond donors (Lipinski definition) is 1. The second-order valence-corrected chi connectivity index (χ2v) is 11.8. The Kier molecular flexibility index (Phi) is 7.20. The number of carboxylic acid groups (broad SMARTS) is 1. The van der Waals surface area contributed by atoms with Crippen LogP contribution in [0.15, 0.2) is 76.6 Å². The molecule has 0 radical (unpaired) electrons. The van der Waals surface area contributed by atoms with Crippen molar-refractivity contribution in [1.82, 2.24) is 8.87 Å². The standard InChI is InChI=1S/C32H29F3N2O3S/c1-2-15-36-18-26(31(39)40)37-29(38)27(20-13-14-20)25(17-21-9-5-8-19-7-3-4-12-24(19)21)28(30(37)41-36)22-10-6-11-23(16-22)32(33,34)35/h3-12,16,20,26H,2,13-15,17-18H2,1H3,(H,39,40). The summed E-state index contributed by atoms with van der Waals surface area (Å²) in [6.07, 6.45) is -1.89. The lowest BCUT2D eigenvalue weighted by Crippen LogP contribution is -2.43. The van der Waals surface area contributed by atoms with Crippen molar-refractivity contribution in [2.24, 2.45) is 0 Å². The van der Waals surface area contributed by atoms with Crippen LogP contribution < -0.4 is 5.56 Å². The van der Waals surface area contributed by atoms with E-state index >= 15 is 0 Å². The van der Waals surface area contributed by atoms with E-state index in [1.54, 1.807) is 6.07 Å². The van der Waals surface area contributed by atoms with Crippen LogP contribution in [0, 0.1) is 0 Å². The molecule has 4 aromatic rings. The van der Waals surface area contributed by atoms with Crippen molar-refractivity contribution in [2.45, 2.75) is 55.8 Å². The second kappa shape index (κ2) is 10.7. The van der Waals surface area contributed by atoms with Crippen molar-refractivity contribution in [1.29, 1.82) is 0 Å². The molecule has 1 atom stereocenters. The minimum Gasteiger partial charge on any atom is -0.480 e. The van der Waals surface area contributed by atoms with Crippen LogP contribution in [0.3, 0.4) is 0 Å². The molecule has 0 saturated heterocycles. The van der Waals surface area contributed by atoms with Gasteiger partial charge in [0.05, 0.1) is 5.56 Å². The van der Waals surface area contributed by atoms with Gasteiger partial charge in [0.2, 0.25) is 0 Å². The van der Waals surface area contributed by atoms with Crippen molar-refractivity contribution >= 4 is 28.7 Å². The van der Waals surface area contributed by atoms with Crippen LogP contribution in [0.25, 0.3) is 21.9 Å². The Morgan fingerprint density at radius 2 is 1.78 bits per heavy atom. The first kappa shape index (κ1) is 27.6. The number of nitrogens with zero attached hydrogens (tertiary/aromatic N) is 2. The van der Waals surface area contributed by atoms with E-state index in [1.807, 2.05) is 53.7 Å². The Morgan fingerprint density at radius 1 is 1.05 bits per heavy atom. The molecule has 0 amide bonds. The summed E-state index contributed by atoms with van der Waals surface area (Å²) in [5, 5.41) is 12.7. The van der Waals surface area contributed by atoms with Gasteiger partial charge in [0.25, 0.3) is 5.56 Å².